The summed E-state index contributed by atoms with van der Waals surface area (Å²) in [7, 11) is 0. The van der Waals surface area contributed by atoms with E-state index in [2.05, 4.69) is 44.2 Å². The maximum absolute atomic E-state index is 6.21. The standard InChI is InChI=1S/C32H16N4O3/c1-2-7-25-21(4-1)29-31(38-25)28(34-16-35-29)18-9-11-27-23(13-18)22-12-17(8-10-26(22)37-27)19-5-3-6-20-24-14-33-15-36-32(24)39-30(19)20/h1-16H. The summed E-state index contributed by atoms with van der Waals surface area (Å²) in [6.45, 7) is 0. The van der Waals surface area contributed by atoms with Crippen molar-refractivity contribution in [1.82, 2.24) is 19.9 Å². The summed E-state index contributed by atoms with van der Waals surface area (Å²) in [5.41, 5.74) is 8.93. The number of aromatic nitrogens is 4. The van der Waals surface area contributed by atoms with E-state index in [4.69, 9.17) is 13.3 Å². The van der Waals surface area contributed by atoms with Crippen molar-refractivity contribution in [2.75, 3.05) is 0 Å². The zero-order chi connectivity index (χ0) is 25.5. The molecule has 7 nitrogen and oxygen atoms in total. The van der Waals surface area contributed by atoms with Crippen molar-refractivity contribution in [3.63, 3.8) is 0 Å². The van der Waals surface area contributed by atoms with Crippen LogP contribution in [0.25, 0.3) is 88.5 Å². The van der Waals surface area contributed by atoms with Gasteiger partial charge < -0.3 is 13.3 Å². The summed E-state index contributed by atoms with van der Waals surface area (Å²) in [6, 6.07) is 26.4. The lowest BCUT2D eigenvalue weighted by Crippen LogP contribution is -1.86. The molecule has 39 heavy (non-hydrogen) atoms. The molecule has 0 fully saturated rings. The molecule has 0 spiro atoms. The SMILES string of the molecule is c1ccc2c(c1)oc1c(-c3ccc4oc5ccc(-c6cccc7c6oc6ncncc67)cc5c4c3)ncnc12. The van der Waals surface area contributed by atoms with Crippen LogP contribution in [0.5, 0.6) is 0 Å². The van der Waals surface area contributed by atoms with Gasteiger partial charge in [-0.15, -0.1) is 0 Å². The van der Waals surface area contributed by atoms with Gasteiger partial charge in [0.25, 0.3) is 0 Å². The Kier molecular flexibility index (Phi) is 3.93. The van der Waals surface area contributed by atoms with Crippen LogP contribution in [0.3, 0.4) is 0 Å². The van der Waals surface area contributed by atoms with Gasteiger partial charge in [0.15, 0.2) is 5.58 Å². The minimum Gasteiger partial charge on any atom is -0.456 e. The van der Waals surface area contributed by atoms with Gasteiger partial charge in [-0.05, 0) is 48.0 Å². The highest BCUT2D eigenvalue weighted by atomic mass is 16.3. The van der Waals surface area contributed by atoms with Gasteiger partial charge in [0.05, 0.1) is 5.39 Å². The Morgan fingerprint density at radius 1 is 0.513 bits per heavy atom. The number of hydrogen-bond acceptors (Lipinski definition) is 7. The number of nitrogens with zero attached hydrogens (tertiary/aromatic N) is 4. The molecule has 0 unspecified atom stereocenters. The van der Waals surface area contributed by atoms with Crippen molar-refractivity contribution < 1.29 is 13.3 Å². The summed E-state index contributed by atoms with van der Waals surface area (Å²) in [5.74, 6) is 0. The smallest absolute Gasteiger partial charge is 0.230 e. The fourth-order valence-electron chi connectivity index (χ4n) is 5.59. The first-order chi connectivity index (χ1) is 19.3. The van der Waals surface area contributed by atoms with Crippen molar-refractivity contribution in [3.05, 3.63) is 97.7 Å². The summed E-state index contributed by atoms with van der Waals surface area (Å²) >= 11 is 0. The Hall–Kier alpha value is -5.56. The maximum Gasteiger partial charge on any atom is 0.230 e. The van der Waals surface area contributed by atoms with Gasteiger partial charge in [-0.3, -0.25) is 0 Å². The number of furan rings is 3. The lowest BCUT2D eigenvalue weighted by atomic mass is 10.00. The van der Waals surface area contributed by atoms with Gasteiger partial charge in [-0.1, -0.05) is 36.4 Å². The van der Waals surface area contributed by atoms with Gasteiger partial charge >= 0.3 is 0 Å². The van der Waals surface area contributed by atoms with Gasteiger partial charge in [0.1, 0.15) is 46.2 Å². The Morgan fingerprint density at radius 3 is 2.23 bits per heavy atom. The molecule has 9 aromatic rings. The third-order valence-electron chi connectivity index (χ3n) is 7.39. The summed E-state index contributed by atoms with van der Waals surface area (Å²) in [5, 5.41) is 4.86. The zero-order valence-corrected chi connectivity index (χ0v) is 20.3. The highest BCUT2D eigenvalue weighted by molar-refractivity contribution is 6.12. The van der Waals surface area contributed by atoms with Crippen LogP contribution in [0, 0.1) is 0 Å². The van der Waals surface area contributed by atoms with Crippen LogP contribution in [0.15, 0.2) is 111 Å². The van der Waals surface area contributed by atoms with Crippen molar-refractivity contribution >= 4 is 66.1 Å². The maximum atomic E-state index is 6.21. The topological polar surface area (TPSA) is 91.0 Å². The van der Waals surface area contributed by atoms with E-state index < -0.39 is 0 Å². The third-order valence-corrected chi connectivity index (χ3v) is 7.39. The van der Waals surface area contributed by atoms with E-state index in [0.29, 0.717) is 11.3 Å². The average Bonchev–Trinajstić information content (AvgIpc) is 3.67. The van der Waals surface area contributed by atoms with Gasteiger partial charge in [-0.2, -0.15) is 0 Å². The number of fused-ring (bicyclic) bond motifs is 9. The molecule has 7 heteroatoms. The molecule has 0 aliphatic rings. The molecule has 0 radical (unpaired) electrons. The summed E-state index contributed by atoms with van der Waals surface area (Å²) in [6.07, 6.45) is 4.88. The fraction of sp³-hybridized carbons (Fsp3) is 0. The molecular formula is C32H16N4O3. The molecule has 0 aliphatic carbocycles. The molecule has 0 saturated heterocycles. The largest absolute Gasteiger partial charge is 0.456 e. The van der Waals surface area contributed by atoms with Crippen LogP contribution in [0.4, 0.5) is 0 Å². The van der Waals surface area contributed by atoms with Crippen LogP contribution in [0.2, 0.25) is 0 Å². The van der Waals surface area contributed by atoms with E-state index in [1.807, 2.05) is 54.6 Å². The Labute approximate surface area is 219 Å². The molecule has 0 bridgehead atoms. The fourth-order valence-corrected chi connectivity index (χ4v) is 5.59. The van der Waals surface area contributed by atoms with E-state index in [-0.39, 0.29) is 0 Å². The highest BCUT2D eigenvalue weighted by Gasteiger charge is 2.18. The normalized spacial score (nSPS) is 12.1. The van der Waals surface area contributed by atoms with Crippen LogP contribution in [-0.2, 0) is 0 Å². The van der Waals surface area contributed by atoms with E-state index in [9.17, 15) is 0 Å². The Bertz CT molecular complexity index is 2250. The number of hydrogen-bond donors (Lipinski definition) is 0. The van der Waals surface area contributed by atoms with Gasteiger partial charge in [0.2, 0.25) is 5.71 Å². The first-order valence-corrected chi connectivity index (χ1v) is 12.5. The third kappa shape index (κ3) is 2.86. The number of para-hydroxylation sites is 2. The van der Waals surface area contributed by atoms with Crippen molar-refractivity contribution in [1.29, 1.82) is 0 Å². The van der Waals surface area contributed by atoms with Crippen LogP contribution in [-0.4, -0.2) is 19.9 Å². The molecule has 0 N–H and O–H groups in total. The number of rotatable bonds is 2. The molecule has 5 aromatic heterocycles. The Morgan fingerprint density at radius 2 is 1.31 bits per heavy atom. The van der Waals surface area contributed by atoms with Gasteiger partial charge in [-0.25, -0.2) is 19.9 Å². The predicted octanol–water partition coefficient (Wildman–Crippen LogP) is 8.30. The van der Waals surface area contributed by atoms with Gasteiger partial charge in [0, 0.05) is 38.9 Å². The van der Waals surface area contributed by atoms with Crippen molar-refractivity contribution in [2.45, 2.75) is 0 Å². The summed E-state index contributed by atoms with van der Waals surface area (Å²) < 4.78 is 18.6. The molecule has 0 amide bonds. The van der Waals surface area contributed by atoms with E-state index >= 15 is 0 Å². The van der Waals surface area contributed by atoms with E-state index in [1.54, 1.807) is 12.5 Å². The minimum atomic E-state index is 0.577. The van der Waals surface area contributed by atoms with Crippen LogP contribution in [0.1, 0.15) is 0 Å². The average molecular weight is 505 g/mol. The van der Waals surface area contributed by atoms with E-state index in [0.717, 1.165) is 77.2 Å². The second-order valence-electron chi connectivity index (χ2n) is 9.55. The van der Waals surface area contributed by atoms with Crippen LogP contribution < -0.4 is 0 Å². The van der Waals surface area contributed by atoms with Crippen LogP contribution >= 0.6 is 0 Å². The monoisotopic (exact) mass is 504 g/mol. The first-order valence-electron chi connectivity index (χ1n) is 12.5. The molecule has 9 rings (SSSR count). The van der Waals surface area contributed by atoms with Crippen molar-refractivity contribution in [3.8, 4) is 22.4 Å². The molecular weight excluding hydrogens is 488 g/mol. The zero-order valence-electron chi connectivity index (χ0n) is 20.3. The molecule has 5 heterocycles. The minimum absolute atomic E-state index is 0.577. The molecule has 0 aliphatic heterocycles. The highest BCUT2D eigenvalue weighted by Crippen LogP contribution is 2.39. The number of benzene rings is 4. The molecule has 4 aromatic carbocycles. The Balaban J connectivity index is 1.26. The second-order valence-corrected chi connectivity index (χ2v) is 9.55. The molecule has 182 valence electrons. The predicted molar refractivity (Wildman–Crippen MR) is 150 cm³/mol. The first kappa shape index (κ1) is 20.5. The van der Waals surface area contributed by atoms with E-state index in [1.165, 1.54) is 6.33 Å². The second kappa shape index (κ2) is 7.49. The lowest BCUT2D eigenvalue weighted by Gasteiger charge is -2.04. The quantitative estimate of drug-likeness (QED) is 0.234. The lowest BCUT2D eigenvalue weighted by molar-refractivity contribution is 0.653. The molecule has 0 saturated carbocycles. The van der Waals surface area contributed by atoms with Crippen molar-refractivity contribution in [2.24, 2.45) is 0 Å². The molecule has 0 atom stereocenters. The summed E-state index contributed by atoms with van der Waals surface area (Å²) in [4.78, 5) is 17.6.